The molecule has 0 bridgehead atoms. The molecule has 0 amide bonds. The highest BCUT2D eigenvalue weighted by atomic mass is 35.5. The topological polar surface area (TPSA) is 70.4 Å². The number of thioether (sulfide) groups is 1. The average molecular weight is 661 g/mol. The van der Waals surface area contributed by atoms with Crippen LogP contribution < -0.4 is 4.74 Å². The quantitative estimate of drug-likeness (QED) is 0.132. The fraction of sp³-hybridized carbons (Fsp3) is 0.306. The van der Waals surface area contributed by atoms with Gasteiger partial charge in [-0.15, -0.1) is 11.8 Å². The van der Waals surface area contributed by atoms with Crippen LogP contribution in [0.4, 0.5) is 0 Å². The third kappa shape index (κ3) is 7.41. The summed E-state index contributed by atoms with van der Waals surface area (Å²) in [7, 11) is -3.55. The minimum absolute atomic E-state index is 0.102. The van der Waals surface area contributed by atoms with Gasteiger partial charge in [-0.25, -0.2) is 0 Å². The van der Waals surface area contributed by atoms with Crippen LogP contribution in [0.2, 0.25) is 5.02 Å². The summed E-state index contributed by atoms with van der Waals surface area (Å²) in [5.41, 5.74) is 7.31. The number of aromatic nitrogens is 2. The van der Waals surface area contributed by atoms with Gasteiger partial charge in [-0.2, -0.15) is 8.42 Å². The second-order valence-electron chi connectivity index (χ2n) is 12.6. The van der Waals surface area contributed by atoms with Gasteiger partial charge < -0.3 is 9.30 Å². The minimum atomic E-state index is -3.55. The van der Waals surface area contributed by atoms with Gasteiger partial charge in [0.05, 0.1) is 24.1 Å². The van der Waals surface area contributed by atoms with Crippen LogP contribution in [0.5, 0.6) is 5.75 Å². The molecule has 1 aliphatic heterocycles. The summed E-state index contributed by atoms with van der Waals surface area (Å²) in [5, 5.41) is 2.26. The molecule has 0 spiro atoms. The zero-order chi connectivity index (χ0) is 31.8. The van der Waals surface area contributed by atoms with Crippen LogP contribution in [0.1, 0.15) is 43.3 Å². The van der Waals surface area contributed by atoms with E-state index < -0.39 is 15.5 Å². The normalized spacial score (nSPS) is 15.0. The van der Waals surface area contributed by atoms with Crippen LogP contribution in [0.3, 0.4) is 0 Å². The molecule has 5 aromatic rings. The first kappa shape index (κ1) is 31.7. The van der Waals surface area contributed by atoms with Gasteiger partial charge in [0.15, 0.2) is 0 Å². The first-order valence-electron chi connectivity index (χ1n) is 15.0. The maximum atomic E-state index is 11.8. The smallest absolute Gasteiger partial charge is 0.264 e. The zero-order valence-electron chi connectivity index (χ0n) is 25.9. The lowest BCUT2D eigenvalue weighted by atomic mass is 9.88. The van der Waals surface area contributed by atoms with Gasteiger partial charge in [-0.05, 0) is 59.7 Å². The Morgan fingerprint density at radius 3 is 2.44 bits per heavy atom. The number of ether oxygens (including phenoxy) is 1. The fourth-order valence-electron chi connectivity index (χ4n) is 5.86. The molecule has 0 radical (unpaired) electrons. The number of pyridine rings is 1. The molecule has 234 valence electrons. The number of hydrogen-bond acceptors (Lipinski definition) is 6. The van der Waals surface area contributed by atoms with E-state index in [0.717, 1.165) is 46.3 Å². The van der Waals surface area contributed by atoms with Gasteiger partial charge in [-0.1, -0.05) is 80.9 Å². The molecule has 3 aromatic carbocycles. The molecule has 0 saturated carbocycles. The maximum Gasteiger partial charge on any atom is 0.264 e. The van der Waals surface area contributed by atoms with Gasteiger partial charge in [-0.3, -0.25) is 9.17 Å². The third-order valence-electron chi connectivity index (χ3n) is 8.04. The molecule has 1 unspecified atom stereocenters. The number of hydrogen-bond donors (Lipinski definition) is 0. The predicted molar refractivity (Wildman–Crippen MR) is 184 cm³/mol. The highest BCUT2D eigenvalue weighted by Crippen LogP contribution is 2.48. The number of halogens is 1. The molecule has 9 heteroatoms. The van der Waals surface area contributed by atoms with Crippen molar-refractivity contribution in [2.45, 2.75) is 56.9 Å². The van der Waals surface area contributed by atoms with E-state index in [1.165, 1.54) is 21.5 Å². The van der Waals surface area contributed by atoms with E-state index in [1.807, 2.05) is 54.4 Å². The van der Waals surface area contributed by atoms with Crippen molar-refractivity contribution in [3.05, 3.63) is 113 Å². The first-order chi connectivity index (χ1) is 21.5. The summed E-state index contributed by atoms with van der Waals surface area (Å²) >= 11 is 8.09. The van der Waals surface area contributed by atoms with Crippen LogP contribution in [-0.2, 0) is 40.3 Å². The number of benzene rings is 3. The van der Waals surface area contributed by atoms with Gasteiger partial charge in [0, 0.05) is 50.1 Å². The van der Waals surface area contributed by atoms with Crippen molar-refractivity contribution < 1.29 is 17.3 Å². The molecule has 3 heterocycles. The minimum Gasteiger partial charge on any atom is -0.487 e. The Hall–Kier alpha value is -3.30. The van der Waals surface area contributed by atoms with Crippen molar-refractivity contribution >= 4 is 44.4 Å². The van der Waals surface area contributed by atoms with E-state index in [-0.39, 0.29) is 6.61 Å². The first-order valence-corrected chi connectivity index (χ1v) is 18.1. The van der Waals surface area contributed by atoms with E-state index >= 15 is 0 Å². The molecule has 0 fully saturated rings. The summed E-state index contributed by atoms with van der Waals surface area (Å²) in [4.78, 5) is 5.92. The molecule has 0 aliphatic carbocycles. The third-order valence-corrected chi connectivity index (χ3v) is 10.1. The molecule has 2 aromatic heterocycles. The molecule has 45 heavy (non-hydrogen) atoms. The summed E-state index contributed by atoms with van der Waals surface area (Å²) < 4.78 is 37.8. The molecule has 1 aliphatic rings. The average Bonchev–Trinajstić information content (AvgIpc) is 3.29. The van der Waals surface area contributed by atoms with Crippen molar-refractivity contribution in [2.75, 3.05) is 12.9 Å². The van der Waals surface area contributed by atoms with Crippen molar-refractivity contribution in [3.8, 4) is 16.9 Å². The highest BCUT2D eigenvalue weighted by Gasteiger charge is 2.32. The van der Waals surface area contributed by atoms with Crippen molar-refractivity contribution in [3.63, 3.8) is 0 Å². The summed E-state index contributed by atoms with van der Waals surface area (Å²) in [6, 6.07) is 26.5. The molecular weight excluding hydrogens is 624 g/mol. The van der Waals surface area contributed by atoms with Gasteiger partial charge in [0.2, 0.25) is 0 Å². The zero-order valence-corrected chi connectivity index (χ0v) is 28.3. The van der Waals surface area contributed by atoms with E-state index in [1.54, 1.807) is 0 Å². The monoisotopic (exact) mass is 660 g/mol. The summed E-state index contributed by atoms with van der Waals surface area (Å²) in [6.45, 7) is 7.50. The van der Waals surface area contributed by atoms with Crippen LogP contribution >= 0.6 is 23.4 Å². The lowest BCUT2D eigenvalue weighted by molar-refractivity contribution is 0.183. The Bertz CT molecular complexity index is 1920. The van der Waals surface area contributed by atoms with E-state index in [9.17, 15) is 8.42 Å². The van der Waals surface area contributed by atoms with Crippen molar-refractivity contribution in [1.82, 2.24) is 9.55 Å². The second-order valence-corrected chi connectivity index (χ2v) is 16.1. The number of nitrogens with zero attached hydrogens (tertiary/aromatic N) is 2. The van der Waals surface area contributed by atoms with Crippen molar-refractivity contribution in [2.24, 2.45) is 5.41 Å². The largest absolute Gasteiger partial charge is 0.487 e. The molecule has 6 rings (SSSR count). The lowest BCUT2D eigenvalue weighted by Crippen LogP contribution is -2.26. The van der Waals surface area contributed by atoms with Crippen LogP contribution in [-0.4, -0.2) is 36.1 Å². The van der Waals surface area contributed by atoms with E-state index in [4.69, 9.17) is 20.5 Å². The Balaban J connectivity index is 1.36. The fourth-order valence-corrected chi connectivity index (χ4v) is 7.84. The van der Waals surface area contributed by atoms with Gasteiger partial charge in [0.25, 0.3) is 10.1 Å². The Morgan fingerprint density at radius 2 is 1.76 bits per heavy atom. The molecule has 0 saturated heterocycles. The van der Waals surface area contributed by atoms with Gasteiger partial charge >= 0.3 is 0 Å². The Labute approximate surface area is 274 Å². The van der Waals surface area contributed by atoms with E-state index in [0.29, 0.717) is 29.8 Å². The van der Waals surface area contributed by atoms with Crippen LogP contribution in [0.25, 0.3) is 22.0 Å². The summed E-state index contributed by atoms with van der Waals surface area (Å²) in [6.07, 6.45) is 4.53. The molecule has 1 atom stereocenters. The Kier molecular flexibility index (Phi) is 9.03. The summed E-state index contributed by atoms with van der Waals surface area (Å²) in [5.74, 6) is 0.875. The lowest BCUT2D eigenvalue weighted by Gasteiger charge is -2.27. The standard InChI is InChI=1S/C36H37ClN2O4S2/c1-24-18-30-33(42-22-29-15-12-27(20-38-29)26-8-6-5-7-9-26)17-16-31-34(30)35(44-24)32(19-36(2,3)23-43-45(4,40)41)39(31)21-25-10-13-28(37)14-11-25/h5-17,20,24H,18-19,21-23H2,1-4H3. The second kappa shape index (κ2) is 12.8. The molecule has 0 N–H and O–H groups in total. The highest BCUT2D eigenvalue weighted by molar-refractivity contribution is 8.00. The molecule has 6 nitrogen and oxygen atoms in total. The SMILES string of the molecule is CC1Cc2c(OCc3ccc(-c4ccccc4)cn3)ccc3c2c(c(CC(C)(C)COS(C)(=O)=O)n3Cc2ccc(Cl)cc2)S1. The maximum absolute atomic E-state index is 11.8. The van der Waals surface area contributed by atoms with Crippen LogP contribution in [0.15, 0.2) is 90.0 Å². The van der Waals surface area contributed by atoms with Gasteiger partial charge in [0.1, 0.15) is 12.4 Å². The van der Waals surface area contributed by atoms with E-state index in [2.05, 4.69) is 72.8 Å². The van der Waals surface area contributed by atoms with Crippen molar-refractivity contribution in [1.29, 1.82) is 0 Å². The predicted octanol–water partition coefficient (Wildman–Crippen LogP) is 8.57. The Morgan fingerprint density at radius 1 is 1.00 bits per heavy atom. The van der Waals surface area contributed by atoms with Crippen LogP contribution in [0, 0.1) is 5.41 Å². The number of rotatable bonds is 11. The molecular formula is C36H37ClN2O4S2.